The molecule has 0 aliphatic rings. The molecule has 4 heteroatoms. The van der Waals surface area contributed by atoms with Gasteiger partial charge >= 0.3 is 0 Å². The van der Waals surface area contributed by atoms with Crippen LogP contribution in [0.1, 0.15) is 50.3 Å². The van der Waals surface area contributed by atoms with Crippen molar-refractivity contribution in [1.82, 2.24) is 0 Å². The summed E-state index contributed by atoms with van der Waals surface area (Å²) in [5.41, 5.74) is 3.43. The largest absolute Gasteiger partial charge is 0.294 e. The zero-order chi connectivity index (χ0) is 17.8. The average Bonchev–Trinajstić information content (AvgIpc) is 2.55. The van der Waals surface area contributed by atoms with E-state index in [4.69, 9.17) is 0 Å². The summed E-state index contributed by atoms with van der Waals surface area (Å²) in [4.78, 5) is 0.0193. The number of rotatable bonds is 7. The van der Waals surface area contributed by atoms with Crippen LogP contribution in [0.15, 0.2) is 53.4 Å². The minimum atomic E-state index is -4.16. The standard InChI is InChI=1S/C20H26O3S/c1-4-20(2,3)18-13-8-10-16(15-18)9-7-12-17-11-5-6-14-19(17)24(21,22)23/h5-6,8,10-11,13-15H,4,7,9,12H2,1-3H3,(H,21,22,23). The van der Waals surface area contributed by atoms with E-state index in [0.717, 1.165) is 19.3 Å². The Balaban J connectivity index is 2.07. The van der Waals surface area contributed by atoms with Crippen molar-refractivity contribution < 1.29 is 13.0 Å². The summed E-state index contributed by atoms with van der Waals surface area (Å²) in [5.74, 6) is 0. The smallest absolute Gasteiger partial charge is 0.282 e. The average molecular weight is 346 g/mol. The highest BCUT2D eigenvalue weighted by atomic mass is 32.2. The second-order valence-corrected chi connectivity index (χ2v) is 8.26. The first-order valence-electron chi connectivity index (χ1n) is 8.39. The van der Waals surface area contributed by atoms with Crippen LogP contribution in [0.4, 0.5) is 0 Å². The van der Waals surface area contributed by atoms with Gasteiger partial charge in [0.25, 0.3) is 10.1 Å². The molecule has 0 amide bonds. The third-order valence-electron chi connectivity index (χ3n) is 4.75. The number of aryl methyl sites for hydroxylation is 2. The molecule has 0 unspecified atom stereocenters. The SMILES string of the molecule is CCC(C)(C)c1cccc(CCCc2ccccc2S(=O)(=O)O)c1. The molecule has 0 radical (unpaired) electrons. The molecule has 1 N–H and O–H groups in total. The quantitative estimate of drug-likeness (QED) is 0.733. The third kappa shape index (κ3) is 4.68. The lowest BCUT2D eigenvalue weighted by Crippen LogP contribution is -2.15. The van der Waals surface area contributed by atoms with Crippen molar-refractivity contribution in [2.75, 3.05) is 0 Å². The maximum atomic E-state index is 11.4. The first-order valence-corrected chi connectivity index (χ1v) is 9.83. The molecular weight excluding hydrogens is 320 g/mol. The van der Waals surface area contributed by atoms with Gasteiger partial charge in [0, 0.05) is 0 Å². The normalized spacial score (nSPS) is 12.3. The van der Waals surface area contributed by atoms with E-state index < -0.39 is 10.1 Å². The molecule has 3 nitrogen and oxygen atoms in total. The Bertz CT molecular complexity index is 792. The van der Waals surface area contributed by atoms with Gasteiger partial charge in [-0.25, -0.2) is 0 Å². The molecule has 2 aromatic rings. The monoisotopic (exact) mass is 346 g/mol. The van der Waals surface area contributed by atoms with Crippen LogP contribution in [0.25, 0.3) is 0 Å². The van der Waals surface area contributed by atoms with E-state index in [2.05, 4.69) is 45.0 Å². The summed E-state index contributed by atoms with van der Waals surface area (Å²) < 4.78 is 32.2. The topological polar surface area (TPSA) is 54.4 Å². The lowest BCUT2D eigenvalue weighted by atomic mass is 9.81. The fourth-order valence-electron chi connectivity index (χ4n) is 2.80. The maximum absolute atomic E-state index is 11.4. The Morgan fingerprint density at radius 2 is 1.71 bits per heavy atom. The van der Waals surface area contributed by atoms with Crippen LogP contribution in [-0.2, 0) is 28.4 Å². The van der Waals surface area contributed by atoms with Crippen molar-refractivity contribution in [2.45, 2.75) is 56.8 Å². The van der Waals surface area contributed by atoms with E-state index in [1.165, 1.54) is 17.2 Å². The van der Waals surface area contributed by atoms with Gasteiger partial charge < -0.3 is 0 Å². The highest BCUT2D eigenvalue weighted by Crippen LogP contribution is 2.27. The molecule has 0 aliphatic carbocycles. The minimum absolute atomic E-state index is 0.0193. The molecule has 0 aromatic heterocycles. The fraction of sp³-hybridized carbons (Fsp3) is 0.400. The predicted octanol–water partition coefficient (Wildman–Crippen LogP) is 4.80. The van der Waals surface area contributed by atoms with Crippen LogP contribution in [0.3, 0.4) is 0 Å². The minimum Gasteiger partial charge on any atom is -0.282 e. The van der Waals surface area contributed by atoms with Gasteiger partial charge in [-0.05, 0) is 53.9 Å². The lowest BCUT2D eigenvalue weighted by Gasteiger charge is -2.24. The Labute approximate surface area is 145 Å². The molecule has 0 atom stereocenters. The molecule has 0 saturated heterocycles. The van der Waals surface area contributed by atoms with E-state index in [1.807, 2.05) is 0 Å². The first kappa shape index (κ1) is 18.7. The van der Waals surface area contributed by atoms with Gasteiger partial charge in [-0.1, -0.05) is 63.2 Å². The number of hydrogen-bond donors (Lipinski definition) is 1. The van der Waals surface area contributed by atoms with Gasteiger partial charge in [0.1, 0.15) is 0 Å². The van der Waals surface area contributed by atoms with Crippen LogP contribution in [0, 0.1) is 0 Å². The summed E-state index contributed by atoms with van der Waals surface area (Å²) in [6.45, 7) is 6.68. The molecular formula is C20H26O3S. The Hall–Kier alpha value is -1.65. The van der Waals surface area contributed by atoms with Gasteiger partial charge in [-0.15, -0.1) is 0 Å². The molecule has 0 spiro atoms. The van der Waals surface area contributed by atoms with Crippen molar-refractivity contribution >= 4 is 10.1 Å². The molecule has 0 saturated carbocycles. The van der Waals surface area contributed by atoms with Crippen molar-refractivity contribution in [3.8, 4) is 0 Å². The molecule has 0 aliphatic heterocycles. The summed E-state index contributed by atoms with van der Waals surface area (Å²) in [5, 5.41) is 0. The predicted molar refractivity (Wildman–Crippen MR) is 98.0 cm³/mol. The Morgan fingerprint density at radius 3 is 2.38 bits per heavy atom. The molecule has 2 rings (SSSR count). The van der Waals surface area contributed by atoms with Gasteiger partial charge in [0.15, 0.2) is 0 Å². The molecule has 0 bridgehead atoms. The molecule has 0 fully saturated rings. The number of hydrogen-bond acceptors (Lipinski definition) is 2. The van der Waals surface area contributed by atoms with Gasteiger partial charge in [-0.2, -0.15) is 8.42 Å². The van der Waals surface area contributed by atoms with Crippen molar-refractivity contribution in [3.05, 3.63) is 65.2 Å². The van der Waals surface area contributed by atoms with Crippen molar-refractivity contribution in [1.29, 1.82) is 0 Å². The third-order valence-corrected chi connectivity index (χ3v) is 5.71. The van der Waals surface area contributed by atoms with E-state index in [1.54, 1.807) is 18.2 Å². The lowest BCUT2D eigenvalue weighted by molar-refractivity contribution is 0.482. The van der Waals surface area contributed by atoms with E-state index in [0.29, 0.717) is 12.0 Å². The maximum Gasteiger partial charge on any atom is 0.294 e. The second-order valence-electron chi connectivity index (χ2n) is 6.87. The summed E-state index contributed by atoms with van der Waals surface area (Å²) in [7, 11) is -4.16. The van der Waals surface area contributed by atoms with E-state index >= 15 is 0 Å². The Kier molecular flexibility index (Phi) is 5.83. The second kappa shape index (κ2) is 7.49. The zero-order valence-corrected chi connectivity index (χ0v) is 15.4. The van der Waals surface area contributed by atoms with Crippen molar-refractivity contribution in [3.63, 3.8) is 0 Å². The van der Waals surface area contributed by atoms with Crippen LogP contribution in [-0.4, -0.2) is 13.0 Å². The van der Waals surface area contributed by atoms with Crippen LogP contribution in [0.2, 0.25) is 0 Å². The van der Waals surface area contributed by atoms with E-state index in [-0.39, 0.29) is 10.3 Å². The summed E-state index contributed by atoms with van der Waals surface area (Å²) in [6.07, 6.45) is 3.42. The fourth-order valence-corrected chi connectivity index (χ4v) is 3.55. The van der Waals surface area contributed by atoms with E-state index in [9.17, 15) is 13.0 Å². The highest BCUT2D eigenvalue weighted by molar-refractivity contribution is 7.85. The van der Waals surface area contributed by atoms with Crippen LogP contribution < -0.4 is 0 Å². The van der Waals surface area contributed by atoms with Gasteiger partial charge in [0.2, 0.25) is 0 Å². The molecule has 24 heavy (non-hydrogen) atoms. The first-order chi connectivity index (χ1) is 11.2. The summed E-state index contributed by atoms with van der Waals surface area (Å²) >= 11 is 0. The molecule has 130 valence electrons. The highest BCUT2D eigenvalue weighted by Gasteiger charge is 2.18. The molecule has 0 heterocycles. The summed E-state index contributed by atoms with van der Waals surface area (Å²) in [6, 6.07) is 15.3. The van der Waals surface area contributed by atoms with Crippen molar-refractivity contribution in [2.24, 2.45) is 0 Å². The van der Waals surface area contributed by atoms with Gasteiger partial charge in [-0.3, -0.25) is 4.55 Å². The van der Waals surface area contributed by atoms with Crippen LogP contribution in [0.5, 0.6) is 0 Å². The zero-order valence-electron chi connectivity index (χ0n) is 14.6. The van der Waals surface area contributed by atoms with Crippen LogP contribution >= 0.6 is 0 Å². The molecule has 2 aromatic carbocycles. The number of benzene rings is 2. The van der Waals surface area contributed by atoms with Gasteiger partial charge in [0.05, 0.1) is 4.90 Å². The Morgan fingerprint density at radius 1 is 1.00 bits per heavy atom.